The summed E-state index contributed by atoms with van der Waals surface area (Å²) in [4.78, 5) is 0. The highest BCUT2D eigenvalue weighted by Crippen LogP contribution is 2.50. The molecule has 10 heteroatoms. The minimum atomic E-state index is -3.79. The molecule has 1 unspecified atom stereocenters. The van der Waals surface area contributed by atoms with E-state index in [-0.39, 0.29) is 11.5 Å². The van der Waals surface area contributed by atoms with Gasteiger partial charge >= 0.3 is 6.61 Å². The summed E-state index contributed by atoms with van der Waals surface area (Å²) in [6.45, 7) is -3.02. The largest absolute Gasteiger partial charge is 0.493 e. The first-order valence-electron chi connectivity index (χ1n) is 9.80. The van der Waals surface area contributed by atoms with E-state index in [1.54, 1.807) is 48.5 Å². The minimum absolute atomic E-state index is 0.0475. The molecule has 3 aromatic rings. The monoisotopic (exact) mass is 477 g/mol. The van der Waals surface area contributed by atoms with Crippen LogP contribution < -0.4 is 24.1 Å². The molecule has 1 aliphatic rings. The fraction of sp³-hybridized carbons (Fsp3) is 0.217. The summed E-state index contributed by atoms with van der Waals surface area (Å²) in [6.07, 6.45) is -0.686. The van der Waals surface area contributed by atoms with Gasteiger partial charge < -0.3 is 18.9 Å². The van der Waals surface area contributed by atoms with E-state index in [1.807, 2.05) is 0 Å². The number of fused-ring (bicyclic) bond motifs is 3. The maximum Gasteiger partial charge on any atom is 0.387 e. The van der Waals surface area contributed by atoms with Crippen LogP contribution in [0.25, 0.3) is 11.1 Å². The molecule has 1 atom stereocenters. The lowest BCUT2D eigenvalue weighted by molar-refractivity contribution is -0.0496. The van der Waals surface area contributed by atoms with Gasteiger partial charge in [0.1, 0.15) is 17.6 Å². The first-order chi connectivity index (χ1) is 15.7. The Hall–Kier alpha value is -3.37. The molecule has 33 heavy (non-hydrogen) atoms. The molecule has 0 amide bonds. The lowest BCUT2D eigenvalue weighted by Crippen LogP contribution is -2.18. The Morgan fingerprint density at radius 2 is 1.76 bits per heavy atom. The van der Waals surface area contributed by atoms with Crippen LogP contribution >= 0.6 is 0 Å². The van der Waals surface area contributed by atoms with E-state index in [1.165, 1.54) is 20.3 Å². The van der Waals surface area contributed by atoms with E-state index in [2.05, 4.69) is 0 Å². The number of ether oxygens (including phenoxy) is 4. The molecule has 4 rings (SSSR count). The Kier molecular flexibility index (Phi) is 6.13. The van der Waals surface area contributed by atoms with Gasteiger partial charge in [-0.3, -0.25) is 0 Å². The summed E-state index contributed by atoms with van der Waals surface area (Å²) in [7, 11) is -0.768. The average molecular weight is 477 g/mol. The second-order valence-corrected chi connectivity index (χ2v) is 8.96. The normalized spacial score (nSPS) is 14.8. The van der Waals surface area contributed by atoms with Crippen molar-refractivity contribution in [2.45, 2.75) is 18.5 Å². The van der Waals surface area contributed by atoms with E-state index in [0.717, 1.165) is 0 Å². The number of hydrogen-bond donors (Lipinski definition) is 1. The zero-order valence-corrected chi connectivity index (χ0v) is 18.6. The Labute approximate surface area is 189 Å². The van der Waals surface area contributed by atoms with E-state index in [0.29, 0.717) is 45.1 Å². The quantitative estimate of drug-likeness (QED) is 0.547. The van der Waals surface area contributed by atoms with Crippen LogP contribution in [-0.2, 0) is 15.8 Å². The van der Waals surface area contributed by atoms with Gasteiger partial charge in [-0.1, -0.05) is 30.3 Å². The summed E-state index contributed by atoms with van der Waals surface area (Å²) in [5.74, 6) is 0.907. The lowest BCUT2D eigenvalue weighted by Gasteiger charge is -2.31. The number of primary sulfonamides is 1. The van der Waals surface area contributed by atoms with Gasteiger partial charge in [0.2, 0.25) is 10.0 Å². The number of methoxy groups -OCH3 is 2. The van der Waals surface area contributed by atoms with Crippen molar-refractivity contribution >= 4 is 10.0 Å². The third-order valence-electron chi connectivity index (χ3n) is 5.19. The van der Waals surface area contributed by atoms with Crippen LogP contribution in [0.5, 0.6) is 23.0 Å². The number of benzene rings is 3. The second kappa shape index (κ2) is 8.87. The molecule has 7 nitrogen and oxygen atoms in total. The van der Waals surface area contributed by atoms with Crippen LogP contribution in [-0.4, -0.2) is 29.2 Å². The van der Waals surface area contributed by atoms with Gasteiger partial charge in [0.15, 0.2) is 11.5 Å². The van der Waals surface area contributed by atoms with Crippen molar-refractivity contribution in [3.05, 3.63) is 71.3 Å². The van der Waals surface area contributed by atoms with Gasteiger partial charge in [-0.25, -0.2) is 13.6 Å². The van der Waals surface area contributed by atoms with E-state index in [4.69, 9.17) is 24.1 Å². The number of alkyl halides is 2. The zero-order valence-electron chi connectivity index (χ0n) is 17.7. The van der Waals surface area contributed by atoms with Crippen LogP contribution in [0.3, 0.4) is 0 Å². The zero-order chi connectivity index (χ0) is 23.8. The van der Waals surface area contributed by atoms with Gasteiger partial charge in [0, 0.05) is 11.1 Å². The third kappa shape index (κ3) is 4.71. The predicted molar refractivity (Wildman–Crippen MR) is 117 cm³/mol. The van der Waals surface area contributed by atoms with Crippen LogP contribution in [0.2, 0.25) is 0 Å². The molecule has 0 spiro atoms. The Morgan fingerprint density at radius 1 is 1.00 bits per heavy atom. The van der Waals surface area contributed by atoms with Gasteiger partial charge in [-0.05, 0) is 35.4 Å². The molecule has 1 aliphatic heterocycles. The maximum absolute atomic E-state index is 13.0. The van der Waals surface area contributed by atoms with Crippen molar-refractivity contribution in [2.75, 3.05) is 14.2 Å². The lowest BCUT2D eigenvalue weighted by atomic mass is 9.88. The Balaban J connectivity index is 1.91. The molecule has 0 fully saturated rings. The second-order valence-electron chi connectivity index (χ2n) is 7.35. The number of nitrogens with two attached hydrogens (primary N) is 1. The van der Waals surface area contributed by atoms with Gasteiger partial charge in [0.25, 0.3) is 0 Å². The van der Waals surface area contributed by atoms with Crippen LogP contribution in [0.4, 0.5) is 8.78 Å². The van der Waals surface area contributed by atoms with Crippen LogP contribution in [0.15, 0.2) is 54.6 Å². The average Bonchev–Trinajstić information content (AvgIpc) is 2.76. The van der Waals surface area contributed by atoms with Crippen molar-refractivity contribution in [1.82, 2.24) is 0 Å². The van der Waals surface area contributed by atoms with E-state index < -0.39 is 22.7 Å². The standard InChI is InChI=1S/C23H21F2NO6S/c1-29-17-9-7-14(11-20(17)30-2)22-16-10-13(12-33(26,27)28)6-8-15(16)21-18(31-22)4-3-5-19(21)32-23(24)25/h3-11,22-23H,12H2,1-2H3,(H2,26,27,28). The van der Waals surface area contributed by atoms with Crippen molar-refractivity contribution in [3.8, 4) is 34.1 Å². The summed E-state index contributed by atoms with van der Waals surface area (Å²) >= 11 is 0. The van der Waals surface area contributed by atoms with E-state index >= 15 is 0 Å². The molecular formula is C23H21F2NO6S. The highest BCUT2D eigenvalue weighted by molar-refractivity contribution is 7.88. The number of hydrogen-bond acceptors (Lipinski definition) is 6. The number of sulfonamides is 1. The third-order valence-corrected chi connectivity index (χ3v) is 5.93. The van der Waals surface area contributed by atoms with Gasteiger partial charge in [0.05, 0.1) is 25.5 Å². The molecular weight excluding hydrogens is 456 g/mol. The molecule has 0 saturated heterocycles. The van der Waals surface area contributed by atoms with Crippen molar-refractivity contribution in [2.24, 2.45) is 5.14 Å². The number of halogens is 2. The summed E-state index contributed by atoms with van der Waals surface area (Å²) in [6, 6.07) is 14.8. The topological polar surface area (TPSA) is 97.1 Å². The molecule has 0 saturated carbocycles. The molecule has 1 heterocycles. The Morgan fingerprint density at radius 3 is 2.42 bits per heavy atom. The fourth-order valence-corrected chi connectivity index (χ4v) is 4.55. The predicted octanol–water partition coefficient (Wildman–Crippen LogP) is 4.24. The van der Waals surface area contributed by atoms with Crippen LogP contribution in [0, 0.1) is 0 Å². The number of rotatable bonds is 7. The molecule has 2 N–H and O–H groups in total. The first-order valence-corrected chi connectivity index (χ1v) is 11.5. The molecule has 0 aromatic heterocycles. The summed E-state index contributed by atoms with van der Waals surface area (Å²) < 4.78 is 71.0. The van der Waals surface area contributed by atoms with Crippen molar-refractivity contribution in [3.63, 3.8) is 0 Å². The van der Waals surface area contributed by atoms with Crippen LogP contribution in [0.1, 0.15) is 22.8 Å². The van der Waals surface area contributed by atoms with Crippen molar-refractivity contribution < 1.29 is 36.1 Å². The molecule has 0 aliphatic carbocycles. The molecule has 174 valence electrons. The smallest absolute Gasteiger partial charge is 0.387 e. The summed E-state index contributed by atoms with van der Waals surface area (Å²) in [5, 5.41) is 5.22. The Bertz CT molecular complexity index is 1300. The maximum atomic E-state index is 13.0. The van der Waals surface area contributed by atoms with Crippen molar-refractivity contribution in [1.29, 1.82) is 0 Å². The van der Waals surface area contributed by atoms with E-state index in [9.17, 15) is 17.2 Å². The van der Waals surface area contributed by atoms with Gasteiger partial charge in [-0.2, -0.15) is 8.78 Å². The molecule has 0 radical (unpaired) electrons. The minimum Gasteiger partial charge on any atom is -0.493 e. The first kappa shape index (κ1) is 22.8. The summed E-state index contributed by atoms with van der Waals surface area (Å²) in [5.41, 5.74) is 2.62. The highest BCUT2D eigenvalue weighted by Gasteiger charge is 2.31. The molecule has 0 bridgehead atoms. The highest BCUT2D eigenvalue weighted by atomic mass is 32.2. The van der Waals surface area contributed by atoms with Gasteiger partial charge in [-0.15, -0.1) is 0 Å². The fourth-order valence-electron chi connectivity index (χ4n) is 3.90. The molecule has 3 aromatic carbocycles. The SMILES string of the molecule is COc1ccc(C2Oc3cccc(OC(F)F)c3-c3ccc(CS(N)(=O)=O)cc32)cc1OC.